The highest BCUT2D eigenvalue weighted by atomic mass is 16.5. The lowest BCUT2D eigenvalue weighted by Crippen LogP contribution is -2.44. The fourth-order valence-corrected chi connectivity index (χ4v) is 3.01. The minimum absolute atomic E-state index is 0.0690. The summed E-state index contributed by atoms with van der Waals surface area (Å²) >= 11 is 0. The molecule has 204 valence electrons. The first-order valence-corrected chi connectivity index (χ1v) is 12.2. The molecule has 0 radical (unpaired) electrons. The van der Waals surface area contributed by atoms with Gasteiger partial charge in [-0.3, -0.25) is 24.0 Å². The molecule has 1 heterocycles. The van der Waals surface area contributed by atoms with Gasteiger partial charge >= 0.3 is 11.9 Å². The standard InChI is InChI=1S/C25H36N4O8/c1-4-17(3)15-26-21(31)16-29-14-8-10-19(25(29)36)28-24(35)18(27-20(30)12-13-22(32)33)9-6-7-11-23(34)37-5-2/h7-8,10-11,14,17-18H,4-6,9,12-13,15-16H2,1-3H3,(H,26,31)(H,27,30)(H,28,35)(H,32,33)/t17?,18-/m0/s1. The Morgan fingerprint density at radius 1 is 1.14 bits per heavy atom. The quantitative estimate of drug-likeness (QED) is 0.186. The number of carboxylic acid groups (broad SMARTS) is 1. The van der Waals surface area contributed by atoms with Crippen molar-refractivity contribution in [1.82, 2.24) is 15.2 Å². The van der Waals surface area contributed by atoms with Crippen molar-refractivity contribution in [1.29, 1.82) is 0 Å². The zero-order chi connectivity index (χ0) is 27.8. The van der Waals surface area contributed by atoms with E-state index in [1.165, 1.54) is 30.5 Å². The van der Waals surface area contributed by atoms with Crippen LogP contribution in [0.2, 0.25) is 0 Å². The highest BCUT2D eigenvalue weighted by molar-refractivity contribution is 5.97. The zero-order valence-electron chi connectivity index (χ0n) is 21.5. The highest BCUT2D eigenvalue weighted by Gasteiger charge is 2.22. The van der Waals surface area contributed by atoms with Crippen LogP contribution in [0.5, 0.6) is 0 Å². The molecule has 0 aromatic carbocycles. The summed E-state index contributed by atoms with van der Waals surface area (Å²) in [7, 11) is 0. The topological polar surface area (TPSA) is 173 Å². The van der Waals surface area contributed by atoms with E-state index in [2.05, 4.69) is 16.0 Å². The van der Waals surface area contributed by atoms with Gasteiger partial charge in [-0.05, 0) is 37.8 Å². The van der Waals surface area contributed by atoms with Crippen molar-refractivity contribution in [2.24, 2.45) is 5.92 Å². The molecule has 12 nitrogen and oxygen atoms in total. The summed E-state index contributed by atoms with van der Waals surface area (Å²) in [5.41, 5.74) is -0.693. The van der Waals surface area contributed by atoms with Gasteiger partial charge < -0.3 is 30.4 Å². The molecule has 1 aromatic rings. The normalized spacial score (nSPS) is 12.4. The van der Waals surface area contributed by atoms with Gasteiger partial charge in [-0.1, -0.05) is 26.3 Å². The van der Waals surface area contributed by atoms with Crippen LogP contribution in [-0.2, 0) is 35.3 Å². The molecule has 12 heteroatoms. The Morgan fingerprint density at radius 2 is 1.86 bits per heavy atom. The number of hydrogen-bond acceptors (Lipinski definition) is 7. The van der Waals surface area contributed by atoms with Crippen LogP contribution in [0.3, 0.4) is 0 Å². The summed E-state index contributed by atoms with van der Waals surface area (Å²) in [5, 5.41) is 16.5. The summed E-state index contributed by atoms with van der Waals surface area (Å²) in [6.07, 6.45) is 4.54. The first-order chi connectivity index (χ1) is 17.6. The summed E-state index contributed by atoms with van der Waals surface area (Å²) in [6, 6.07) is 1.76. The molecule has 0 aliphatic heterocycles. The molecule has 1 rings (SSSR count). The number of anilines is 1. The number of esters is 1. The number of carboxylic acids is 1. The second kappa shape index (κ2) is 16.7. The molecule has 3 amide bonds. The number of nitrogens with zero attached hydrogens (tertiary/aromatic N) is 1. The molecule has 2 atom stereocenters. The Hall–Kier alpha value is -3.96. The minimum atomic E-state index is -1.16. The number of hydrogen-bond donors (Lipinski definition) is 4. The number of pyridine rings is 1. The Labute approximate surface area is 215 Å². The molecule has 0 bridgehead atoms. The Bertz CT molecular complexity index is 1030. The molecule has 4 N–H and O–H groups in total. The van der Waals surface area contributed by atoms with E-state index in [4.69, 9.17) is 9.84 Å². The molecular formula is C25H36N4O8. The average Bonchev–Trinajstić information content (AvgIpc) is 2.85. The van der Waals surface area contributed by atoms with Gasteiger partial charge in [0.05, 0.1) is 13.0 Å². The second-order valence-electron chi connectivity index (χ2n) is 8.41. The van der Waals surface area contributed by atoms with Crippen LogP contribution in [0.25, 0.3) is 0 Å². The smallest absolute Gasteiger partial charge is 0.330 e. The predicted molar refractivity (Wildman–Crippen MR) is 136 cm³/mol. The van der Waals surface area contributed by atoms with Crippen molar-refractivity contribution in [3.8, 4) is 0 Å². The molecule has 1 aromatic heterocycles. The molecule has 0 saturated carbocycles. The van der Waals surface area contributed by atoms with Crippen LogP contribution in [0.15, 0.2) is 35.3 Å². The number of aromatic nitrogens is 1. The van der Waals surface area contributed by atoms with E-state index in [0.29, 0.717) is 12.5 Å². The maximum absolute atomic E-state index is 12.9. The van der Waals surface area contributed by atoms with E-state index in [9.17, 15) is 28.8 Å². The zero-order valence-corrected chi connectivity index (χ0v) is 21.5. The van der Waals surface area contributed by atoms with E-state index in [0.717, 1.165) is 11.0 Å². The van der Waals surface area contributed by atoms with Gasteiger partial charge in [-0.2, -0.15) is 0 Å². The van der Waals surface area contributed by atoms with E-state index < -0.39 is 41.8 Å². The van der Waals surface area contributed by atoms with Crippen molar-refractivity contribution in [2.75, 3.05) is 18.5 Å². The number of rotatable bonds is 16. The lowest BCUT2D eigenvalue weighted by Gasteiger charge is -2.18. The van der Waals surface area contributed by atoms with E-state index in [-0.39, 0.29) is 44.0 Å². The Morgan fingerprint density at radius 3 is 2.51 bits per heavy atom. The lowest BCUT2D eigenvalue weighted by atomic mass is 10.1. The van der Waals surface area contributed by atoms with Crippen LogP contribution in [0, 0.1) is 5.92 Å². The third-order valence-electron chi connectivity index (χ3n) is 5.32. The number of carbonyl (C=O) groups excluding carboxylic acids is 4. The average molecular weight is 521 g/mol. The Balaban J connectivity index is 2.92. The summed E-state index contributed by atoms with van der Waals surface area (Å²) < 4.78 is 5.94. The highest BCUT2D eigenvalue weighted by Crippen LogP contribution is 2.06. The monoisotopic (exact) mass is 520 g/mol. The molecule has 0 aliphatic carbocycles. The van der Waals surface area contributed by atoms with Crippen molar-refractivity contribution in [2.45, 2.75) is 65.5 Å². The fourth-order valence-electron chi connectivity index (χ4n) is 3.01. The molecule has 1 unspecified atom stereocenters. The maximum Gasteiger partial charge on any atom is 0.330 e. The largest absolute Gasteiger partial charge is 0.481 e. The van der Waals surface area contributed by atoms with Gasteiger partial charge in [-0.15, -0.1) is 0 Å². The minimum Gasteiger partial charge on any atom is -0.481 e. The fraction of sp³-hybridized carbons (Fsp3) is 0.520. The van der Waals surface area contributed by atoms with Crippen molar-refractivity contribution in [3.05, 3.63) is 40.8 Å². The molecule has 37 heavy (non-hydrogen) atoms. The molecule has 0 fully saturated rings. The van der Waals surface area contributed by atoms with Gasteiger partial charge in [0.2, 0.25) is 17.7 Å². The Kier molecular flexibility index (Phi) is 14.0. The number of allylic oxidation sites excluding steroid dienone is 1. The third kappa shape index (κ3) is 12.5. The van der Waals surface area contributed by atoms with E-state index >= 15 is 0 Å². The van der Waals surface area contributed by atoms with Crippen molar-refractivity contribution < 1.29 is 33.8 Å². The van der Waals surface area contributed by atoms with Gasteiger partial charge in [0, 0.05) is 25.2 Å². The molecular weight excluding hydrogens is 484 g/mol. The SMILES string of the molecule is CCOC(=O)C=CCC[C@H](NC(=O)CCC(=O)O)C(=O)Nc1cccn(CC(=O)NCC(C)CC)c1=O. The van der Waals surface area contributed by atoms with Crippen LogP contribution in [0.4, 0.5) is 5.69 Å². The second-order valence-corrected chi connectivity index (χ2v) is 8.41. The molecule has 0 aliphatic rings. The summed E-state index contributed by atoms with van der Waals surface area (Å²) in [5.74, 6) is -3.12. The lowest BCUT2D eigenvalue weighted by molar-refractivity contribution is -0.139. The van der Waals surface area contributed by atoms with E-state index in [1.54, 1.807) is 6.92 Å². The van der Waals surface area contributed by atoms with Crippen LogP contribution < -0.4 is 21.5 Å². The van der Waals surface area contributed by atoms with E-state index in [1.807, 2.05) is 13.8 Å². The maximum atomic E-state index is 12.9. The number of amides is 3. The van der Waals surface area contributed by atoms with Crippen LogP contribution in [0.1, 0.15) is 52.9 Å². The molecule has 0 saturated heterocycles. The number of ether oxygens (including phenoxy) is 1. The van der Waals surface area contributed by atoms with Gasteiger partial charge in [0.1, 0.15) is 18.3 Å². The summed E-state index contributed by atoms with van der Waals surface area (Å²) in [6.45, 7) is 6.12. The third-order valence-corrected chi connectivity index (χ3v) is 5.32. The number of carbonyl (C=O) groups is 5. The van der Waals surface area contributed by atoms with Crippen molar-refractivity contribution in [3.63, 3.8) is 0 Å². The van der Waals surface area contributed by atoms with Gasteiger partial charge in [-0.25, -0.2) is 4.79 Å². The predicted octanol–water partition coefficient (Wildman–Crippen LogP) is 1.20. The van der Waals surface area contributed by atoms with Crippen molar-refractivity contribution >= 4 is 35.3 Å². The first-order valence-electron chi connectivity index (χ1n) is 12.2. The molecule has 0 spiro atoms. The van der Waals surface area contributed by atoms with Gasteiger partial charge in [0.15, 0.2) is 0 Å². The number of aliphatic carboxylic acids is 1. The van der Waals surface area contributed by atoms with Crippen LogP contribution >= 0.6 is 0 Å². The number of nitrogens with one attached hydrogen (secondary N) is 3. The summed E-state index contributed by atoms with van der Waals surface area (Å²) in [4.78, 5) is 72.3. The first kappa shape index (κ1) is 31.1. The van der Waals surface area contributed by atoms with Gasteiger partial charge in [0.25, 0.3) is 5.56 Å². The van der Waals surface area contributed by atoms with Crippen LogP contribution in [-0.4, -0.2) is 58.5 Å².